The smallest absolute Gasteiger partial charge is 0.191 e. The minimum Gasteiger partial charge on any atom is -0.361 e. The average molecular weight is 498 g/mol. The number of nitrogens with one attached hydrogen (secondary N) is 2. The van der Waals surface area contributed by atoms with Gasteiger partial charge in [0.1, 0.15) is 5.76 Å². The highest BCUT2D eigenvalue weighted by Gasteiger charge is 2.12. The summed E-state index contributed by atoms with van der Waals surface area (Å²) in [4.78, 5) is 4.67. The van der Waals surface area contributed by atoms with Gasteiger partial charge in [0.15, 0.2) is 5.96 Å². The molecule has 0 saturated heterocycles. The summed E-state index contributed by atoms with van der Waals surface area (Å²) in [6, 6.07) is 8.92. The van der Waals surface area contributed by atoms with E-state index in [2.05, 4.69) is 72.7 Å². The lowest BCUT2D eigenvalue weighted by atomic mass is 9.86. The molecule has 0 amide bonds. The normalized spacial score (nSPS) is 11.9. The molecule has 0 aliphatic rings. The van der Waals surface area contributed by atoms with E-state index in [4.69, 9.17) is 4.52 Å². The molecule has 2 N–H and O–H groups in total. The van der Waals surface area contributed by atoms with E-state index in [9.17, 15) is 0 Å². The number of hydrogen-bond acceptors (Lipinski definition) is 3. The number of aromatic nitrogens is 1. The van der Waals surface area contributed by atoms with Crippen molar-refractivity contribution in [3.05, 3.63) is 52.4 Å². The number of aliphatic imine (C=N–C) groups is 1. The zero-order valence-electron chi connectivity index (χ0n) is 18.1. The molecule has 0 bridgehead atoms. The van der Waals surface area contributed by atoms with Crippen LogP contribution in [0.15, 0.2) is 33.8 Å². The zero-order chi connectivity index (χ0) is 19.9. The van der Waals surface area contributed by atoms with Crippen molar-refractivity contribution in [3.8, 4) is 0 Å². The van der Waals surface area contributed by atoms with Crippen LogP contribution in [0.3, 0.4) is 0 Å². The van der Waals surface area contributed by atoms with E-state index in [0.29, 0.717) is 6.54 Å². The third-order valence-corrected chi connectivity index (χ3v) is 4.68. The molecule has 0 spiro atoms. The molecular weight excluding hydrogens is 463 g/mol. The number of halogens is 1. The molecule has 28 heavy (non-hydrogen) atoms. The molecule has 5 nitrogen and oxygen atoms in total. The fourth-order valence-electron chi connectivity index (χ4n) is 2.98. The van der Waals surface area contributed by atoms with Crippen LogP contribution in [0, 0.1) is 13.8 Å². The zero-order valence-corrected chi connectivity index (χ0v) is 20.4. The molecule has 0 aliphatic carbocycles. The molecule has 0 unspecified atom stereocenters. The van der Waals surface area contributed by atoms with Crippen LogP contribution in [-0.2, 0) is 18.3 Å². The second-order valence-electron chi connectivity index (χ2n) is 7.94. The van der Waals surface area contributed by atoms with Gasteiger partial charge in [-0.2, -0.15) is 0 Å². The summed E-state index contributed by atoms with van der Waals surface area (Å²) in [6.45, 7) is 15.1. The van der Waals surface area contributed by atoms with Gasteiger partial charge in [-0.05, 0) is 50.2 Å². The third-order valence-electron chi connectivity index (χ3n) is 4.68. The van der Waals surface area contributed by atoms with Gasteiger partial charge in [0, 0.05) is 25.2 Å². The summed E-state index contributed by atoms with van der Waals surface area (Å²) >= 11 is 0. The molecule has 0 saturated carbocycles. The van der Waals surface area contributed by atoms with Crippen molar-refractivity contribution < 1.29 is 4.52 Å². The molecule has 1 heterocycles. The molecule has 0 atom stereocenters. The highest BCUT2D eigenvalue weighted by atomic mass is 127. The monoisotopic (exact) mass is 498 g/mol. The van der Waals surface area contributed by atoms with Gasteiger partial charge in [-0.25, -0.2) is 0 Å². The molecule has 6 heteroatoms. The van der Waals surface area contributed by atoms with Crippen molar-refractivity contribution in [2.45, 2.75) is 59.8 Å². The van der Waals surface area contributed by atoms with Crippen molar-refractivity contribution >= 4 is 29.9 Å². The van der Waals surface area contributed by atoms with Crippen molar-refractivity contribution in [2.24, 2.45) is 4.99 Å². The highest BCUT2D eigenvalue weighted by molar-refractivity contribution is 14.0. The van der Waals surface area contributed by atoms with Gasteiger partial charge < -0.3 is 15.2 Å². The van der Waals surface area contributed by atoms with Crippen molar-refractivity contribution in [2.75, 3.05) is 19.6 Å². The summed E-state index contributed by atoms with van der Waals surface area (Å²) in [5, 5.41) is 10.7. The molecular formula is C22H35IN4O. The Hall–Kier alpha value is -1.57. The van der Waals surface area contributed by atoms with Crippen molar-refractivity contribution in [1.29, 1.82) is 0 Å². The Bertz CT molecular complexity index is 725. The Kier molecular flexibility index (Phi) is 9.99. The minimum atomic E-state index is 0. The molecule has 2 rings (SSSR count). The highest BCUT2D eigenvalue weighted by Crippen LogP contribution is 2.22. The molecule has 156 valence electrons. The van der Waals surface area contributed by atoms with Crippen molar-refractivity contribution in [1.82, 2.24) is 15.8 Å². The summed E-state index contributed by atoms with van der Waals surface area (Å²) in [5.41, 5.74) is 5.02. The van der Waals surface area contributed by atoms with Gasteiger partial charge in [0.05, 0.1) is 5.69 Å². The van der Waals surface area contributed by atoms with Crippen LogP contribution in [0.1, 0.15) is 55.8 Å². The number of rotatable bonds is 7. The van der Waals surface area contributed by atoms with E-state index >= 15 is 0 Å². The number of guanidine groups is 1. The van der Waals surface area contributed by atoms with Gasteiger partial charge in [-0.3, -0.25) is 4.99 Å². The van der Waals surface area contributed by atoms with Crippen molar-refractivity contribution in [3.63, 3.8) is 0 Å². The van der Waals surface area contributed by atoms with E-state index in [1.54, 1.807) is 0 Å². The Labute approximate surface area is 186 Å². The van der Waals surface area contributed by atoms with Gasteiger partial charge in [0.25, 0.3) is 0 Å². The summed E-state index contributed by atoms with van der Waals surface area (Å²) in [5.74, 6) is 1.75. The quantitative estimate of drug-likeness (QED) is 0.334. The number of benzene rings is 1. The fraction of sp³-hybridized carbons (Fsp3) is 0.545. The molecule has 1 aromatic carbocycles. The Morgan fingerprint density at radius 2 is 1.75 bits per heavy atom. The van der Waals surface area contributed by atoms with E-state index in [1.165, 1.54) is 11.1 Å². The Morgan fingerprint density at radius 1 is 1.07 bits per heavy atom. The molecule has 2 aromatic rings. The lowest BCUT2D eigenvalue weighted by Gasteiger charge is -2.19. The Balaban J connectivity index is 0.00000392. The maximum Gasteiger partial charge on any atom is 0.191 e. The lowest BCUT2D eigenvalue weighted by molar-refractivity contribution is 0.392. The average Bonchev–Trinajstić information content (AvgIpc) is 2.93. The fourth-order valence-corrected chi connectivity index (χ4v) is 2.98. The maximum absolute atomic E-state index is 5.21. The lowest BCUT2D eigenvalue weighted by Crippen LogP contribution is -2.38. The van der Waals surface area contributed by atoms with Gasteiger partial charge in [-0.15, -0.1) is 24.0 Å². The Morgan fingerprint density at radius 3 is 2.29 bits per heavy atom. The van der Waals surface area contributed by atoms with E-state index < -0.39 is 0 Å². The first kappa shape index (κ1) is 24.5. The molecule has 0 fully saturated rings. The van der Waals surface area contributed by atoms with E-state index in [0.717, 1.165) is 48.9 Å². The summed E-state index contributed by atoms with van der Waals surface area (Å²) in [6.07, 6.45) is 1.81. The number of hydrogen-bond donors (Lipinski definition) is 2. The predicted molar refractivity (Wildman–Crippen MR) is 128 cm³/mol. The van der Waals surface area contributed by atoms with Crippen LogP contribution in [-0.4, -0.2) is 30.8 Å². The SMILES string of the molecule is CCNC(=NCCc1c(C)noc1C)NCCc1ccc(C(C)(C)C)cc1.I. The standard InChI is InChI=1S/C22H34N4O.HI/c1-7-23-21(25-15-13-20-16(2)26-27-17(20)3)24-14-12-18-8-10-19(11-9-18)22(4,5)6;/h8-11H,7,12-15H2,1-6H3,(H2,23,24,25);1H. The van der Waals surface area contributed by atoms with Crippen LogP contribution < -0.4 is 10.6 Å². The van der Waals surface area contributed by atoms with Crippen LogP contribution in [0.25, 0.3) is 0 Å². The predicted octanol–water partition coefficient (Wildman–Crippen LogP) is 4.55. The van der Waals surface area contributed by atoms with Crippen LogP contribution >= 0.6 is 24.0 Å². The maximum atomic E-state index is 5.21. The first-order valence-electron chi connectivity index (χ1n) is 9.84. The van der Waals surface area contributed by atoms with Crippen LogP contribution in [0.5, 0.6) is 0 Å². The second kappa shape index (κ2) is 11.4. The summed E-state index contributed by atoms with van der Waals surface area (Å²) in [7, 11) is 0. The van der Waals surface area contributed by atoms with E-state index in [1.807, 2.05) is 13.8 Å². The third kappa shape index (κ3) is 7.45. The van der Waals surface area contributed by atoms with Crippen LogP contribution in [0.2, 0.25) is 0 Å². The second-order valence-corrected chi connectivity index (χ2v) is 7.94. The van der Waals surface area contributed by atoms with E-state index in [-0.39, 0.29) is 29.4 Å². The number of aryl methyl sites for hydroxylation is 2. The molecule has 0 radical (unpaired) electrons. The molecule has 1 aromatic heterocycles. The van der Waals surface area contributed by atoms with Gasteiger partial charge in [-0.1, -0.05) is 50.2 Å². The van der Waals surface area contributed by atoms with Gasteiger partial charge >= 0.3 is 0 Å². The topological polar surface area (TPSA) is 62.5 Å². The first-order chi connectivity index (χ1) is 12.8. The summed E-state index contributed by atoms with van der Waals surface area (Å²) < 4.78 is 5.21. The minimum absolute atomic E-state index is 0. The molecule has 0 aliphatic heterocycles. The first-order valence-corrected chi connectivity index (χ1v) is 9.84. The van der Waals surface area contributed by atoms with Gasteiger partial charge in [0.2, 0.25) is 0 Å². The van der Waals surface area contributed by atoms with Crippen LogP contribution in [0.4, 0.5) is 0 Å². The largest absolute Gasteiger partial charge is 0.361 e. The number of nitrogens with zero attached hydrogens (tertiary/aromatic N) is 2.